The third-order valence-corrected chi connectivity index (χ3v) is 2.94. The van der Waals surface area contributed by atoms with Crippen LogP contribution in [0.5, 0.6) is 0 Å². The Morgan fingerprint density at radius 1 is 1.07 bits per heavy atom. The van der Waals surface area contributed by atoms with Crippen molar-refractivity contribution in [1.82, 2.24) is 4.98 Å². The maximum atomic E-state index is 5.59. The zero-order valence-corrected chi connectivity index (χ0v) is 8.63. The quantitative estimate of drug-likeness (QED) is 0.737. The van der Waals surface area contributed by atoms with Gasteiger partial charge in [0.25, 0.3) is 0 Å². The van der Waals surface area contributed by atoms with Crippen molar-refractivity contribution in [2.45, 2.75) is 45.1 Å². The van der Waals surface area contributed by atoms with Crippen molar-refractivity contribution in [3.05, 3.63) is 29.1 Å². The summed E-state index contributed by atoms with van der Waals surface area (Å²) in [5, 5.41) is 0. The zero-order valence-electron chi connectivity index (χ0n) is 8.63. The summed E-state index contributed by atoms with van der Waals surface area (Å²) < 4.78 is 0. The van der Waals surface area contributed by atoms with E-state index in [0.29, 0.717) is 6.54 Å². The van der Waals surface area contributed by atoms with E-state index in [2.05, 4.69) is 17.1 Å². The summed E-state index contributed by atoms with van der Waals surface area (Å²) in [4.78, 5) is 4.61. The molecule has 0 amide bonds. The molecule has 1 aromatic heterocycles. The van der Waals surface area contributed by atoms with E-state index in [-0.39, 0.29) is 0 Å². The average Bonchev–Trinajstić information content (AvgIpc) is 2.18. The van der Waals surface area contributed by atoms with Crippen LogP contribution in [0.1, 0.15) is 42.6 Å². The fraction of sp³-hybridized carbons (Fsp3) is 0.583. The number of nitrogens with two attached hydrogens (primary N) is 1. The van der Waals surface area contributed by atoms with Crippen molar-refractivity contribution in [3.8, 4) is 0 Å². The molecule has 0 unspecified atom stereocenters. The number of aromatic nitrogens is 1. The van der Waals surface area contributed by atoms with E-state index >= 15 is 0 Å². The molecule has 0 fully saturated rings. The third kappa shape index (κ3) is 2.13. The summed E-state index contributed by atoms with van der Waals surface area (Å²) in [6.07, 6.45) is 7.67. The molecule has 0 spiro atoms. The largest absolute Gasteiger partial charge is 0.325 e. The standard InChI is InChI=1S/C12H18N2/c13-9-11-8-7-10-5-3-1-2-4-6-12(10)14-11/h7-8H,1-6,9,13H2. The van der Waals surface area contributed by atoms with E-state index in [0.717, 1.165) is 12.1 Å². The maximum Gasteiger partial charge on any atom is 0.0543 e. The highest BCUT2D eigenvalue weighted by atomic mass is 14.7. The molecule has 2 rings (SSSR count). The second kappa shape index (κ2) is 4.56. The number of aryl methyl sites for hydroxylation is 2. The highest BCUT2D eigenvalue weighted by molar-refractivity contribution is 5.24. The monoisotopic (exact) mass is 190 g/mol. The Kier molecular flexibility index (Phi) is 3.14. The van der Waals surface area contributed by atoms with Gasteiger partial charge < -0.3 is 5.73 Å². The van der Waals surface area contributed by atoms with Crippen LogP contribution >= 0.6 is 0 Å². The molecule has 2 heteroatoms. The van der Waals surface area contributed by atoms with Gasteiger partial charge in [0.1, 0.15) is 0 Å². The van der Waals surface area contributed by atoms with Crippen molar-refractivity contribution in [2.24, 2.45) is 5.73 Å². The predicted molar refractivity (Wildman–Crippen MR) is 58.0 cm³/mol. The van der Waals surface area contributed by atoms with Crippen LogP contribution in [0.15, 0.2) is 12.1 Å². The number of fused-ring (bicyclic) bond motifs is 1. The van der Waals surface area contributed by atoms with E-state index in [4.69, 9.17) is 5.73 Å². The van der Waals surface area contributed by atoms with Crippen molar-refractivity contribution in [3.63, 3.8) is 0 Å². The normalized spacial score (nSPS) is 16.9. The van der Waals surface area contributed by atoms with Crippen LogP contribution < -0.4 is 5.73 Å². The summed E-state index contributed by atoms with van der Waals surface area (Å²) in [6.45, 7) is 0.563. The van der Waals surface area contributed by atoms with Crippen molar-refractivity contribution < 1.29 is 0 Å². The van der Waals surface area contributed by atoms with Gasteiger partial charge in [0.2, 0.25) is 0 Å². The first-order chi connectivity index (χ1) is 6.90. The van der Waals surface area contributed by atoms with Gasteiger partial charge >= 0.3 is 0 Å². The number of hydrogen-bond acceptors (Lipinski definition) is 2. The van der Waals surface area contributed by atoms with Gasteiger partial charge in [-0.05, 0) is 37.3 Å². The smallest absolute Gasteiger partial charge is 0.0543 e. The van der Waals surface area contributed by atoms with Crippen molar-refractivity contribution in [1.29, 1.82) is 0 Å². The van der Waals surface area contributed by atoms with Gasteiger partial charge in [-0.25, -0.2) is 0 Å². The SMILES string of the molecule is NCc1ccc2c(n1)CCCCCC2. The molecule has 0 aliphatic heterocycles. The lowest BCUT2D eigenvalue weighted by atomic mass is 9.97. The molecule has 14 heavy (non-hydrogen) atoms. The van der Waals surface area contributed by atoms with E-state index in [9.17, 15) is 0 Å². The number of pyridine rings is 1. The Morgan fingerprint density at radius 3 is 2.64 bits per heavy atom. The molecule has 2 nitrogen and oxygen atoms in total. The number of nitrogens with zero attached hydrogens (tertiary/aromatic N) is 1. The van der Waals surface area contributed by atoms with Crippen LogP contribution in [-0.4, -0.2) is 4.98 Å². The Hall–Kier alpha value is -0.890. The highest BCUT2D eigenvalue weighted by Gasteiger charge is 2.08. The van der Waals surface area contributed by atoms with Gasteiger partial charge in [-0.15, -0.1) is 0 Å². The molecule has 1 heterocycles. The van der Waals surface area contributed by atoms with Gasteiger partial charge in [0.05, 0.1) is 5.69 Å². The zero-order chi connectivity index (χ0) is 9.80. The maximum absolute atomic E-state index is 5.59. The summed E-state index contributed by atoms with van der Waals surface area (Å²) in [5.41, 5.74) is 9.37. The lowest BCUT2D eigenvalue weighted by molar-refractivity contribution is 0.607. The summed E-state index contributed by atoms with van der Waals surface area (Å²) in [5.74, 6) is 0. The van der Waals surface area contributed by atoms with Crippen molar-refractivity contribution >= 4 is 0 Å². The van der Waals surface area contributed by atoms with Crippen LogP contribution in [0, 0.1) is 0 Å². The molecule has 1 aromatic rings. The van der Waals surface area contributed by atoms with Gasteiger partial charge in [-0.1, -0.05) is 18.9 Å². The van der Waals surface area contributed by atoms with E-state index in [1.54, 1.807) is 0 Å². The minimum Gasteiger partial charge on any atom is -0.325 e. The minimum atomic E-state index is 0.563. The van der Waals surface area contributed by atoms with Gasteiger partial charge in [-0.2, -0.15) is 0 Å². The molecular weight excluding hydrogens is 172 g/mol. The molecule has 0 atom stereocenters. The summed E-state index contributed by atoms with van der Waals surface area (Å²) in [7, 11) is 0. The minimum absolute atomic E-state index is 0.563. The van der Waals surface area contributed by atoms with Crippen LogP contribution in [0.3, 0.4) is 0 Å². The molecule has 0 bridgehead atoms. The first kappa shape index (κ1) is 9.66. The average molecular weight is 190 g/mol. The van der Waals surface area contributed by atoms with Crippen LogP contribution in [0.2, 0.25) is 0 Å². The Bertz CT molecular complexity index is 307. The second-order valence-corrected chi connectivity index (χ2v) is 4.03. The third-order valence-electron chi connectivity index (χ3n) is 2.94. The summed E-state index contributed by atoms with van der Waals surface area (Å²) in [6, 6.07) is 4.29. The Labute approximate surface area is 85.5 Å². The first-order valence-corrected chi connectivity index (χ1v) is 5.58. The molecule has 0 saturated heterocycles. The van der Waals surface area contributed by atoms with Gasteiger partial charge in [0.15, 0.2) is 0 Å². The lowest BCUT2D eigenvalue weighted by Gasteiger charge is -2.13. The fourth-order valence-corrected chi connectivity index (χ4v) is 2.09. The predicted octanol–water partition coefficient (Wildman–Crippen LogP) is 2.20. The van der Waals surface area contributed by atoms with Crippen LogP contribution in [0.4, 0.5) is 0 Å². The number of rotatable bonds is 1. The Balaban J connectivity index is 2.26. The first-order valence-electron chi connectivity index (χ1n) is 5.58. The van der Waals surface area contributed by atoms with E-state index in [1.807, 2.05) is 0 Å². The Morgan fingerprint density at radius 2 is 1.86 bits per heavy atom. The summed E-state index contributed by atoms with van der Waals surface area (Å²) >= 11 is 0. The molecule has 0 aromatic carbocycles. The number of hydrogen-bond donors (Lipinski definition) is 1. The topological polar surface area (TPSA) is 38.9 Å². The molecule has 76 valence electrons. The molecule has 1 aliphatic rings. The van der Waals surface area contributed by atoms with E-state index in [1.165, 1.54) is 43.4 Å². The molecule has 0 saturated carbocycles. The molecule has 1 aliphatic carbocycles. The highest BCUT2D eigenvalue weighted by Crippen LogP contribution is 2.18. The molecule has 0 radical (unpaired) electrons. The lowest BCUT2D eigenvalue weighted by Crippen LogP contribution is -2.07. The van der Waals surface area contributed by atoms with Crippen molar-refractivity contribution in [2.75, 3.05) is 0 Å². The van der Waals surface area contributed by atoms with Gasteiger partial charge in [0, 0.05) is 12.2 Å². The van der Waals surface area contributed by atoms with Crippen LogP contribution in [-0.2, 0) is 19.4 Å². The van der Waals surface area contributed by atoms with E-state index < -0.39 is 0 Å². The van der Waals surface area contributed by atoms with Gasteiger partial charge in [-0.3, -0.25) is 4.98 Å². The molecule has 2 N–H and O–H groups in total. The second-order valence-electron chi connectivity index (χ2n) is 4.03. The molecular formula is C12H18N2. The van der Waals surface area contributed by atoms with Crippen LogP contribution in [0.25, 0.3) is 0 Å². The fourth-order valence-electron chi connectivity index (χ4n) is 2.09.